The molecule has 0 unspecified atom stereocenters. The van der Waals surface area contributed by atoms with Crippen LogP contribution in [0.25, 0.3) is 56.2 Å². The summed E-state index contributed by atoms with van der Waals surface area (Å²) >= 11 is 0. The molecule has 0 fully saturated rings. The van der Waals surface area contributed by atoms with Crippen molar-refractivity contribution < 1.29 is 4.39 Å². The molecule has 1 aliphatic rings. The minimum Gasteiger partial charge on any atom is -0.309 e. The average Bonchev–Trinajstić information content (AvgIpc) is 3.40. The van der Waals surface area contributed by atoms with E-state index in [4.69, 9.17) is 0 Å². The summed E-state index contributed by atoms with van der Waals surface area (Å²) in [4.78, 5) is 0. The van der Waals surface area contributed by atoms with Gasteiger partial charge >= 0.3 is 0 Å². The molecule has 0 saturated heterocycles. The number of hydrogen-bond donors (Lipinski definition) is 0. The molecule has 4 heteroatoms. The molecule has 0 bridgehead atoms. The number of rotatable bonds is 2. The minimum absolute atomic E-state index is 0.237. The van der Waals surface area contributed by atoms with Crippen LogP contribution in [0, 0.1) is 17.1 Å². The Morgan fingerprint density at radius 3 is 2.40 bits per heavy atom. The first-order valence-electron chi connectivity index (χ1n) is 11.8. The van der Waals surface area contributed by atoms with E-state index in [2.05, 4.69) is 57.7 Å². The van der Waals surface area contributed by atoms with Crippen molar-refractivity contribution >= 4 is 44.9 Å². The van der Waals surface area contributed by atoms with E-state index in [9.17, 15) is 9.65 Å². The highest BCUT2D eigenvalue weighted by Gasteiger charge is 2.17. The molecule has 0 aliphatic heterocycles. The number of para-hydroxylation sites is 2. The Kier molecular flexibility index (Phi) is 4.21. The van der Waals surface area contributed by atoms with Crippen LogP contribution < -0.4 is 10.6 Å². The zero-order chi connectivity index (χ0) is 23.5. The summed E-state index contributed by atoms with van der Waals surface area (Å²) in [6, 6.07) is 29.8. The maximum Gasteiger partial charge on any atom is 0.125 e. The van der Waals surface area contributed by atoms with E-state index < -0.39 is 0 Å². The largest absolute Gasteiger partial charge is 0.309 e. The van der Waals surface area contributed by atoms with Crippen LogP contribution in [-0.4, -0.2) is 9.13 Å². The van der Waals surface area contributed by atoms with E-state index in [0.29, 0.717) is 5.56 Å². The van der Waals surface area contributed by atoms with Gasteiger partial charge < -0.3 is 9.13 Å². The van der Waals surface area contributed by atoms with Crippen LogP contribution in [0.3, 0.4) is 0 Å². The third kappa shape index (κ3) is 2.82. The van der Waals surface area contributed by atoms with Gasteiger partial charge in [0.05, 0.1) is 27.8 Å². The third-order valence-corrected chi connectivity index (χ3v) is 7.04. The van der Waals surface area contributed by atoms with Gasteiger partial charge in [-0.3, -0.25) is 0 Å². The van der Waals surface area contributed by atoms with E-state index in [1.54, 1.807) is 12.1 Å². The highest BCUT2D eigenvalue weighted by Crippen LogP contribution is 2.34. The molecular weight excluding hydrogens is 433 g/mol. The molecule has 7 rings (SSSR count). The Morgan fingerprint density at radius 2 is 1.49 bits per heavy atom. The van der Waals surface area contributed by atoms with Gasteiger partial charge in [-0.1, -0.05) is 42.5 Å². The van der Waals surface area contributed by atoms with Crippen LogP contribution in [0.15, 0.2) is 84.9 Å². The van der Waals surface area contributed by atoms with Crippen molar-refractivity contribution in [1.82, 2.24) is 9.13 Å². The molecule has 0 amide bonds. The molecule has 0 saturated carbocycles. The Labute approximate surface area is 200 Å². The molecule has 0 N–H and O–H groups in total. The van der Waals surface area contributed by atoms with Crippen LogP contribution in [0.5, 0.6) is 0 Å². The summed E-state index contributed by atoms with van der Waals surface area (Å²) in [5.41, 5.74) is 5.45. The molecule has 0 atom stereocenters. The fraction of sp³-hybridized carbons (Fsp3) is 0.0645. The van der Waals surface area contributed by atoms with Crippen LogP contribution in [-0.2, 0) is 0 Å². The minimum atomic E-state index is -0.237. The number of benzene rings is 4. The Morgan fingerprint density at radius 1 is 0.686 bits per heavy atom. The van der Waals surface area contributed by atoms with Gasteiger partial charge in [-0.2, -0.15) is 5.26 Å². The maximum absolute atomic E-state index is 14.4. The first-order chi connectivity index (χ1) is 17.2. The lowest BCUT2D eigenvalue weighted by molar-refractivity contribution is 0.629. The molecule has 1 aliphatic carbocycles. The number of halogens is 1. The van der Waals surface area contributed by atoms with E-state index in [0.717, 1.165) is 62.3 Å². The molecule has 2 aromatic heterocycles. The summed E-state index contributed by atoms with van der Waals surface area (Å²) in [5, 5.41) is 15.3. The molecule has 35 heavy (non-hydrogen) atoms. The second-order valence-electron chi connectivity index (χ2n) is 8.96. The summed E-state index contributed by atoms with van der Waals surface area (Å²) in [6.07, 6.45) is 6.48. The predicted molar refractivity (Wildman–Crippen MR) is 140 cm³/mol. The van der Waals surface area contributed by atoms with Crippen molar-refractivity contribution in [2.45, 2.75) is 12.8 Å². The van der Waals surface area contributed by atoms with Crippen molar-refractivity contribution in [1.29, 1.82) is 5.26 Å². The van der Waals surface area contributed by atoms with Gasteiger partial charge in [0.15, 0.2) is 0 Å². The van der Waals surface area contributed by atoms with Gasteiger partial charge in [-0.15, -0.1) is 0 Å². The highest BCUT2D eigenvalue weighted by atomic mass is 19.1. The van der Waals surface area contributed by atoms with E-state index in [1.807, 2.05) is 42.5 Å². The monoisotopic (exact) mass is 453 g/mol. The zero-order valence-electron chi connectivity index (χ0n) is 18.9. The molecule has 166 valence electrons. The first-order valence-corrected chi connectivity index (χ1v) is 11.8. The zero-order valence-corrected chi connectivity index (χ0v) is 18.9. The Hall–Kier alpha value is -4.62. The van der Waals surface area contributed by atoms with Gasteiger partial charge in [-0.25, -0.2) is 4.39 Å². The lowest BCUT2D eigenvalue weighted by Gasteiger charge is -2.11. The third-order valence-electron chi connectivity index (χ3n) is 7.04. The van der Waals surface area contributed by atoms with Crippen molar-refractivity contribution in [3.05, 3.63) is 107 Å². The van der Waals surface area contributed by atoms with Crippen LogP contribution in [0.1, 0.15) is 18.4 Å². The molecule has 0 spiro atoms. The summed E-state index contributed by atoms with van der Waals surface area (Å²) in [6.45, 7) is 0. The highest BCUT2D eigenvalue weighted by molar-refractivity contribution is 6.10. The van der Waals surface area contributed by atoms with Gasteiger partial charge in [0.2, 0.25) is 0 Å². The van der Waals surface area contributed by atoms with Crippen molar-refractivity contribution in [2.75, 3.05) is 0 Å². The van der Waals surface area contributed by atoms with E-state index >= 15 is 0 Å². The van der Waals surface area contributed by atoms with Crippen molar-refractivity contribution in [3.63, 3.8) is 0 Å². The smallest absolute Gasteiger partial charge is 0.125 e. The number of nitriles is 1. The van der Waals surface area contributed by atoms with Crippen LogP contribution in [0.2, 0.25) is 0 Å². The van der Waals surface area contributed by atoms with Gasteiger partial charge in [-0.05, 0) is 67.4 Å². The SMILES string of the molecule is N#Cc1ccccc1-n1c2ccccc2c2cc(-n3c4c(c5ccc(F)cc53)=CCCC=4)ccc21. The molecular formula is C31H20FN3. The second-order valence-corrected chi connectivity index (χ2v) is 8.96. The normalized spacial score (nSPS) is 12.9. The predicted octanol–water partition coefficient (Wildman–Crippen LogP) is 6.09. The molecule has 0 radical (unpaired) electrons. The maximum atomic E-state index is 14.4. The van der Waals surface area contributed by atoms with Crippen LogP contribution >= 0.6 is 0 Å². The molecule has 3 nitrogen and oxygen atoms in total. The fourth-order valence-electron chi connectivity index (χ4n) is 5.57. The van der Waals surface area contributed by atoms with Crippen molar-refractivity contribution in [2.24, 2.45) is 0 Å². The summed E-state index contributed by atoms with van der Waals surface area (Å²) < 4.78 is 18.7. The number of hydrogen-bond acceptors (Lipinski definition) is 1. The van der Waals surface area contributed by atoms with Gasteiger partial charge in [0.25, 0.3) is 0 Å². The van der Waals surface area contributed by atoms with Gasteiger partial charge in [0, 0.05) is 32.4 Å². The summed E-state index contributed by atoms with van der Waals surface area (Å²) in [5.74, 6) is -0.237. The summed E-state index contributed by atoms with van der Waals surface area (Å²) in [7, 11) is 0. The number of aromatic nitrogens is 2. The standard InChI is InChI=1S/C31H20FN3/c32-21-13-15-25-23-8-2-5-11-28(23)34(31(25)17-21)22-14-16-30-26(18-22)24-9-3-6-12-29(24)35(30)27-10-4-1-7-20(27)19-33/h1,3-4,6-18H,2,5H2. The Bertz CT molecular complexity index is 1980. The second kappa shape index (κ2) is 7.44. The lowest BCUT2D eigenvalue weighted by Crippen LogP contribution is -2.30. The Balaban J connectivity index is 1.59. The van der Waals surface area contributed by atoms with Gasteiger partial charge in [0.1, 0.15) is 11.9 Å². The molecule has 2 heterocycles. The topological polar surface area (TPSA) is 33.6 Å². The quantitative estimate of drug-likeness (QED) is 0.312. The fourth-order valence-corrected chi connectivity index (χ4v) is 5.57. The lowest BCUT2D eigenvalue weighted by atomic mass is 10.1. The average molecular weight is 454 g/mol. The van der Waals surface area contributed by atoms with E-state index in [1.165, 1.54) is 5.22 Å². The van der Waals surface area contributed by atoms with Crippen LogP contribution in [0.4, 0.5) is 4.39 Å². The molecule has 6 aromatic rings. The molecule has 4 aromatic carbocycles. The number of nitrogens with zero attached hydrogens (tertiary/aromatic N) is 3. The first kappa shape index (κ1) is 19.8. The van der Waals surface area contributed by atoms with Crippen molar-refractivity contribution in [3.8, 4) is 17.4 Å². The van der Waals surface area contributed by atoms with E-state index in [-0.39, 0.29) is 5.82 Å². The number of fused-ring (bicyclic) bond motifs is 6.